The Labute approximate surface area is 180 Å². The topological polar surface area (TPSA) is 54.1 Å². The van der Waals surface area contributed by atoms with Gasteiger partial charge in [0, 0.05) is 47.3 Å². The molecule has 0 aliphatic carbocycles. The van der Waals surface area contributed by atoms with Gasteiger partial charge in [-0.3, -0.25) is 4.79 Å². The zero-order chi connectivity index (χ0) is 20.9. The van der Waals surface area contributed by atoms with E-state index in [4.69, 9.17) is 16.3 Å². The molecular formula is C25H23ClN2O2. The van der Waals surface area contributed by atoms with Gasteiger partial charge in [0.25, 0.3) is 5.91 Å². The molecule has 4 nitrogen and oxygen atoms in total. The minimum atomic E-state index is -0.121. The fraction of sp³-hybridized carbons (Fsp3) is 0.160. The van der Waals surface area contributed by atoms with E-state index in [0.29, 0.717) is 23.7 Å². The number of hydrogen-bond acceptors (Lipinski definition) is 2. The number of rotatable bonds is 7. The number of aromatic amines is 1. The van der Waals surface area contributed by atoms with E-state index in [9.17, 15) is 4.79 Å². The van der Waals surface area contributed by atoms with E-state index in [2.05, 4.69) is 16.4 Å². The van der Waals surface area contributed by atoms with Gasteiger partial charge in [-0.05, 0) is 41.0 Å². The molecule has 0 spiro atoms. The number of ether oxygens (including phenoxy) is 1. The average Bonchev–Trinajstić information content (AvgIpc) is 3.19. The summed E-state index contributed by atoms with van der Waals surface area (Å²) >= 11 is 6.54. The Bertz CT molecular complexity index is 1170. The fourth-order valence-electron chi connectivity index (χ4n) is 3.79. The molecule has 1 amide bonds. The van der Waals surface area contributed by atoms with E-state index in [1.54, 1.807) is 7.11 Å². The first-order valence-electron chi connectivity index (χ1n) is 9.84. The van der Waals surface area contributed by atoms with Crippen LogP contribution in [-0.2, 0) is 11.3 Å². The third kappa shape index (κ3) is 4.25. The van der Waals surface area contributed by atoms with Crippen molar-refractivity contribution in [2.24, 2.45) is 0 Å². The van der Waals surface area contributed by atoms with Crippen LogP contribution in [0.15, 0.2) is 79.0 Å². The van der Waals surface area contributed by atoms with Crippen molar-refractivity contribution in [1.29, 1.82) is 0 Å². The largest absolute Gasteiger partial charge is 0.380 e. The van der Waals surface area contributed by atoms with E-state index < -0.39 is 0 Å². The number of carbonyl (C=O) groups excluding carboxylic acids is 1. The van der Waals surface area contributed by atoms with Crippen LogP contribution in [0.25, 0.3) is 10.9 Å². The average molecular weight is 419 g/mol. The Kier molecular flexibility index (Phi) is 6.17. The highest BCUT2D eigenvalue weighted by molar-refractivity contribution is 6.31. The van der Waals surface area contributed by atoms with Crippen molar-refractivity contribution in [3.63, 3.8) is 0 Å². The number of amides is 1. The number of hydrogen-bond donors (Lipinski definition) is 2. The predicted molar refractivity (Wildman–Crippen MR) is 121 cm³/mol. The molecule has 1 atom stereocenters. The molecule has 0 saturated carbocycles. The summed E-state index contributed by atoms with van der Waals surface area (Å²) in [6.07, 6.45) is 2.00. The summed E-state index contributed by atoms with van der Waals surface area (Å²) in [6.45, 7) is 0.900. The van der Waals surface area contributed by atoms with E-state index in [1.807, 2.05) is 72.9 Å². The van der Waals surface area contributed by atoms with E-state index in [0.717, 1.165) is 27.6 Å². The van der Waals surface area contributed by atoms with Crippen LogP contribution in [0.5, 0.6) is 0 Å². The van der Waals surface area contributed by atoms with Gasteiger partial charge < -0.3 is 15.0 Å². The maximum Gasteiger partial charge on any atom is 0.251 e. The fourth-order valence-corrected chi connectivity index (χ4v) is 4.06. The molecule has 5 heteroatoms. The number of para-hydroxylation sites is 1. The van der Waals surface area contributed by atoms with E-state index >= 15 is 0 Å². The molecule has 1 heterocycles. The molecule has 0 aliphatic heterocycles. The summed E-state index contributed by atoms with van der Waals surface area (Å²) in [6, 6.07) is 23.4. The van der Waals surface area contributed by atoms with Crippen LogP contribution in [0.3, 0.4) is 0 Å². The van der Waals surface area contributed by atoms with Crippen LogP contribution in [-0.4, -0.2) is 24.5 Å². The highest BCUT2D eigenvalue weighted by atomic mass is 35.5. The number of H-pyrrole nitrogens is 1. The molecule has 0 radical (unpaired) electrons. The summed E-state index contributed by atoms with van der Waals surface area (Å²) in [5.41, 5.74) is 4.72. The van der Waals surface area contributed by atoms with E-state index in [1.165, 1.54) is 0 Å². The van der Waals surface area contributed by atoms with Crippen molar-refractivity contribution < 1.29 is 9.53 Å². The smallest absolute Gasteiger partial charge is 0.251 e. The first-order chi connectivity index (χ1) is 14.7. The van der Waals surface area contributed by atoms with E-state index in [-0.39, 0.29) is 11.8 Å². The van der Waals surface area contributed by atoms with Gasteiger partial charge in [-0.25, -0.2) is 0 Å². The maximum atomic E-state index is 12.9. The van der Waals surface area contributed by atoms with Crippen molar-refractivity contribution >= 4 is 28.4 Å². The number of carbonyl (C=O) groups is 1. The van der Waals surface area contributed by atoms with Crippen LogP contribution in [0.2, 0.25) is 5.02 Å². The number of nitrogens with one attached hydrogen (secondary N) is 2. The minimum absolute atomic E-state index is 0.0824. The molecule has 152 valence electrons. The molecular weight excluding hydrogens is 396 g/mol. The van der Waals surface area contributed by atoms with Crippen molar-refractivity contribution in [1.82, 2.24) is 10.3 Å². The first-order valence-corrected chi connectivity index (χ1v) is 10.2. The number of halogens is 1. The monoisotopic (exact) mass is 418 g/mol. The molecule has 0 fully saturated rings. The Hall–Kier alpha value is -3.08. The third-order valence-corrected chi connectivity index (χ3v) is 5.59. The molecule has 2 N–H and O–H groups in total. The molecule has 30 heavy (non-hydrogen) atoms. The van der Waals surface area contributed by atoms with Gasteiger partial charge in [0.15, 0.2) is 0 Å². The molecule has 3 aromatic carbocycles. The number of aromatic nitrogens is 1. The van der Waals surface area contributed by atoms with Crippen LogP contribution in [0.1, 0.15) is 33.0 Å². The summed E-state index contributed by atoms with van der Waals surface area (Å²) in [4.78, 5) is 16.2. The highest BCUT2D eigenvalue weighted by Gasteiger charge is 2.21. The normalized spacial score (nSPS) is 12.1. The molecule has 0 aliphatic rings. The van der Waals surface area contributed by atoms with Gasteiger partial charge in [0.2, 0.25) is 0 Å². The third-order valence-electron chi connectivity index (χ3n) is 5.24. The van der Waals surface area contributed by atoms with Crippen LogP contribution < -0.4 is 5.32 Å². The van der Waals surface area contributed by atoms with Crippen molar-refractivity contribution in [2.75, 3.05) is 13.7 Å². The van der Waals surface area contributed by atoms with Crippen LogP contribution >= 0.6 is 11.6 Å². The predicted octanol–water partition coefficient (Wildman–Crippen LogP) is 5.53. The number of benzene rings is 3. The molecule has 4 rings (SSSR count). The number of fused-ring (bicyclic) bond motifs is 1. The molecule has 0 unspecified atom stereocenters. The van der Waals surface area contributed by atoms with Crippen molar-refractivity contribution in [3.05, 3.63) is 106 Å². The van der Waals surface area contributed by atoms with Crippen LogP contribution in [0, 0.1) is 0 Å². The zero-order valence-electron chi connectivity index (χ0n) is 16.7. The summed E-state index contributed by atoms with van der Waals surface area (Å²) in [5.74, 6) is -0.203. The van der Waals surface area contributed by atoms with Gasteiger partial charge in [0.05, 0.1) is 6.61 Å². The molecule has 1 aromatic heterocycles. The van der Waals surface area contributed by atoms with Crippen molar-refractivity contribution in [2.45, 2.75) is 12.5 Å². The molecule has 4 aromatic rings. The second-order valence-corrected chi connectivity index (χ2v) is 7.61. The zero-order valence-corrected chi connectivity index (χ0v) is 17.4. The minimum Gasteiger partial charge on any atom is -0.380 e. The summed E-state index contributed by atoms with van der Waals surface area (Å²) < 4.78 is 5.17. The lowest BCUT2D eigenvalue weighted by molar-refractivity contribution is 0.0952. The van der Waals surface area contributed by atoms with Gasteiger partial charge in [0.1, 0.15) is 0 Å². The number of methoxy groups -OCH3 is 1. The Balaban J connectivity index is 1.63. The maximum absolute atomic E-state index is 12.9. The Morgan fingerprint density at radius 2 is 1.83 bits per heavy atom. The SMILES string of the molecule is COCc1cccc(C(=O)NC[C@@H](c2ccccc2Cl)c2c[nH]c3ccccc23)c1. The molecule has 0 bridgehead atoms. The van der Waals surface area contributed by atoms with Gasteiger partial charge in [-0.15, -0.1) is 0 Å². The summed E-state index contributed by atoms with van der Waals surface area (Å²) in [7, 11) is 1.64. The molecule has 0 saturated heterocycles. The summed E-state index contributed by atoms with van der Waals surface area (Å²) in [5, 5.41) is 4.90. The van der Waals surface area contributed by atoms with Gasteiger partial charge >= 0.3 is 0 Å². The lowest BCUT2D eigenvalue weighted by atomic mass is 9.90. The van der Waals surface area contributed by atoms with Gasteiger partial charge in [-0.1, -0.05) is 60.1 Å². The van der Waals surface area contributed by atoms with Gasteiger partial charge in [-0.2, -0.15) is 0 Å². The Morgan fingerprint density at radius 3 is 2.67 bits per heavy atom. The lowest BCUT2D eigenvalue weighted by Gasteiger charge is -2.19. The lowest BCUT2D eigenvalue weighted by Crippen LogP contribution is -2.29. The second kappa shape index (κ2) is 9.16. The quantitative estimate of drug-likeness (QED) is 0.414. The van der Waals surface area contributed by atoms with Crippen LogP contribution in [0.4, 0.5) is 0 Å². The standard InChI is InChI=1S/C25H23ClN2O2/c1-30-16-17-7-6-8-18(13-17)25(29)28-15-21(19-9-2-4-11-23(19)26)22-14-27-24-12-5-3-10-20(22)24/h2-14,21,27H,15-16H2,1H3,(H,28,29)/t21-/m0/s1. The Morgan fingerprint density at radius 1 is 1.03 bits per heavy atom. The van der Waals surface area contributed by atoms with Crippen molar-refractivity contribution in [3.8, 4) is 0 Å². The first kappa shape index (κ1) is 20.2. The highest BCUT2D eigenvalue weighted by Crippen LogP contribution is 2.34. The second-order valence-electron chi connectivity index (χ2n) is 7.21.